The smallest absolute Gasteiger partial charge is 0.222 e. The second kappa shape index (κ2) is 8.74. The van der Waals surface area contributed by atoms with E-state index in [0.29, 0.717) is 24.6 Å². The molecule has 1 aliphatic heterocycles. The second-order valence-electron chi connectivity index (χ2n) is 6.24. The lowest BCUT2D eigenvalue weighted by Crippen LogP contribution is -2.30. The highest BCUT2D eigenvalue weighted by molar-refractivity contribution is 7.90. The number of hydrogen-bond donors (Lipinski definition) is 2. The van der Waals surface area contributed by atoms with Crippen LogP contribution in [-0.2, 0) is 23.3 Å². The molecular weight excluding hydrogens is 378 g/mol. The number of aryl methyl sites for hydroxylation is 1. The number of piperidine rings is 1. The summed E-state index contributed by atoms with van der Waals surface area (Å²) in [6.45, 7) is 2.28. The lowest BCUT2D eigenvalue weighted by molar-refractivity contribution is 0.448. The van der Waals surface area contributed by atoms with Crippen molar-refractivity contribution < 1.29 is 8.42 Å². The van der Waals surface area contributed by atoms with Crippen LogP contribution in [0.3, 0.4) is 0 Å². The van der Waals surface area contributed by atoms with Crippen LogP contribution >= 0.6 is 12.4 Å². The summed E-state index contributed by atoms with van der Waals surface area (Å²) in [5.41, 5.74) is 0.603. The first-order valence-electron chi connectivity index (χ1n) is 8.29. The van der Waals surface area contributed by atoms with E-state index in [1.165, 1.54) is 18.8 Å². The van der Waals surface area contributed by atoms with Crippen LogP contribution in [0.1, 0.15) is 30.3 Å². The van der Waals surface area contributed by atoms with Crippen LogP contribution in [0, 0.1) is 0 Å². The first kappa shape index (κ1) is 20.5. The molecule has 2 aromatic heterocycles. The van der Waals surface area contributed by atoms with Gasteiger partial charge in [-0.15, -0.1) is 12.4 Å². The van der Waals surface area contributed by atoms with Gasteiger partial charge in [0.15, 0.2) is 9.84 Å². The van der Waals surface area contributed by atoms with Gasteiger partial charge in [-0.1, -0.05) is 0 Å². The SMILES string of the molecule is Cl.Cn1ncnc1CCNc1ncc(S(C)(=O)=O)c(C2CCCNC2)n1. The summed E-state index contributed by atoms with van der Waals surface area (Å²) in [5.74, 6) is 1.38. The van der Waals surface area contributed by atoms with Gasteiger partial charge < -0.3 is 10.6 Å². The average Bonchev–Trinajstić information content (AvgIpc) is 3.00. The number of aromatic nitrogens is 5. The van der Waals surface area contributed by atoms with E-state index >= 15 is 0 Å². The Kier molecular flexibility index (Phi) is 6.90. The maximum atomic E-state index is 12.1. The molecule has 9 nitrogen and oxygen atoms in total. The van der Waals surface area contributed by atoms with E-state index in [4.69, 9.17) is 0 Å². The largest absolute Gasteiger partial charge is 0.354 e. The fraction of sp³-hybridized carbons (Fsp3) is 0.600. The third kappa shape index (κ3) is 4.89. The number of rotatable bonds is 6. The Morgan fingerprint density at radius 3 is 2.81 bits per heavy atom. The van der Waals surface area contributed by atoms with Gasteiger partial charge in [0.2, 0.25) is 5.95 Å². The normalized spacial score (nSPS) is 17.5. The molecule has 3 heterocycles. The van der Waals surface area contributed by atoms with Crippen LogP contribution in [0.4, 0.5) is 5.95 Å². The van der Waals surface area contributed by atoms with Crippen LogP contribution in [0.15, 0.2) is 17.4 Å². The van der Waals surface area contributed by atoms with E-state index in [2.05, 4.69) is 30.7 Å². The van der Waals surface area contributed by atoms with Crippen molar-refractivity contribution in [2.45, 2.75) is 30.1 Å². The molecule has 0 bridgehead atoms. The van der Waals surface area contributed by atoms with Crippen LogP contribution in [-0.4, -0.2) is 59.0 Å². The topological polar surface area (TPSA) is 115 Å². The van der Waals surface area contributed by atoms with E-state index in [1.807, 2.05) is 7.05 Å². The number of anilines is 1. The van der Waals surface area contributed by atoms with Gasteiger partial charge in [-0.2, -0.15) is 5.10 Å². The monoisotopic (exact) mass is 401 g/mol. The van der Waals surface area contributed by atoms with Gasteiger partial charge in [0, 0.05) is 38.7 Å². The van der Waals surface area contributed by atoms with Crippen LogP contribution in [0.2, 0.25) is 0 Å². The molecule has 1 atom stereocenters. The maximum Gasteiger partial charge on any atom is 0.222 e. The van der Waals surface area contributed by atoms with Crippen molar-refractivity contribution in [1.82, 2.24) is 30.0 Å². The zero-order valence-corrected chi connectivity index (χ0v) is 16.5. The molecule has 0 radical (unpaired) electrons. The van der Waals surface area contributed by atoms with Gasteiger partial charge in [-0.3, -0.25) is 4.68 Å². The molecule has 0 spiro atoms. The molecule has 1 saturated heterocycles. The molecule has 1 unspecified atom stereocenters. The highest BCUT2D eigenvalue weighted by Crippen LogP contribution is 2.27. The molecule has 1 aliphatic rings. The van der Waals surface area contributed by atoms with Crippen molar-refractivity contribution >= 4 is 28.2 Å². The third-order valence-corrected chi connectivity index (χ3v) is 5.42. The fourth-order valence-electron chi connectivity index (χ4n) is 2.97. The zero-order chi connectivity index (χ0) is 17.9. The van der Waals surface area contributed by atoms with Crippen LogP contribution < -0.4 is 10.6 Å². The van der Waals surface area contributed by atoms with Gasteiger partial charge in [0.05, 0.1) is 11.9 Å². The summed E-state index contributed by atoms with van der Waals surface area (Å²) in [6.07, 6.45) is 6.73. The summed E-state index contributed by atoms with van der Waals surface area (Å²) in [7, 11) is -1.52. The Morgan fingerprint density at radius 1 is 1.38 bits per heavy atom. The Labute approximate surface area is 159 Å². The van der Waals surface area contributed by atoms with Gasteiger partial charge in [-0.25, -0.2) is 23.4 Å². The number of nitrogens with one attached hydrogen (secondary N) is 2. The molecule has 0 aliphatic carbocycles. The number of nitrogens with zero attached hydrogens (tertiary/aromatic N) is 5. The molecule has 1 fully saturated rings. The minimum Gasteiger partial charge on any atom is -0.354 e. The third-order valence-electron chi connectivity index (χ3n) is 4.30. The van der Waals surface area contributed by atoms with Crippen LogP contribution in [0.5, 0.6) is 0 Å². The molecule has 26 heavy (non-hydrogen) atoms. The van der Waals surface area contributed by atoms with E-state index in [1.54, 1.807) is 4.68 Å². The van der Waals surface area contributed by atoms with E-state index in [-0.39, 0.29) is 23.2 Å². The molecule has 3 rings (SSSR count). The molecule has 144 valence electrons. The molecule has 0 amide bonds. The van der Waals surface area contributed by atoms with Gasteiger partial charge in [0.25, 0.3) is 0 Å². The van der Waals surface area contributed by atoms with Crippen molar-refractivity contribution in [1.29, 1.82) is 0 Å². The average molecular weight is 402 g/mol. The predicted molar refractivity (Wildman–Crippen MR) is 100 cm³/mol. The van der Waals surface area contributed by atoms with Crippen LogP contribution in [0.25, 0.3) is 0 Å². The molecule has 11 heteroatoms. The first-order chi connectivity index (χ1) is 11.9. The number of sulfone groups is 1. The van der Waals surface area contributed by atoms with E-state index < -0.39 is 9.84 Å². The molecule has 2 N–H and O–H groups in total. The highest BCUT2D eigenvalue weighted by Gasteiger charge is 2.25. The predicted octanol–water partition coefficient (Wildman–Crippen LogP) is 0.552. The lowest BCUT2D eigenvalue weighted by Gasteiger charge is -2.24. The lowest BCUT2D eigenvalue weighted by atomic mass is 9.96. The molecular formula is C15H24ClN7O2S. The number of halogens is 1. The minimum atomic E-state index is -3.36. The Morgan fingerprint density at radius 2 is 2.19 bits per heavy atom. The van der Waals surface area contributed by atoms with Gasteiger partial charge in [-0.05, 0) is 19.4 Å². The quantitative estimate of drug-likeness (QED) is 0.721. The van der Waals surface area contributed by atoms with Crippen molar-refractivity contribution in [3.63, 3.8) is 0 Å². The van der Waals surface area contributed by atoms with Crippen molar-refractivity contribution in [2.24, 2.45) is 7.05 Å². The summed E-state index contributed by atoms with van der Waals surface area (Å²) in [4.78, 5) is 13.1. The Bertz CT molecular complexity index is 834. The first-order valence-corrected chi connectivity index (χ1v) is 10.2. The van der Waals surface area contributed by atoms with Crippen molar-refractivity contribution in [3.05, 3.63) is 24.0 Å². The molecule has 0 aromatic carbocycles. The van der Waals surface area contributed by atoms with E-state index in [9.17, 15) is 8.42 Å². The molecule has 2 aromatic rings. The standard InChI is InChI=1S/C15H23N7O2S.ClH/c1-22-13(19-10-20-22)5-7-17-15-18-9-12(25(2,23)24)14(21-15)11-4-3-6-16-8-11;/h9-11,16H,3-8H2,1-2H3,(H,17,18,21);1H. The molecule has 0 saturated carbocycles. The zero-order valence-electron chi connectivity index (χ0n) is 14.8. The van der Waals surface area contributed by atoms with Gasteiger partial charge >= 0.3 is 0 Å². The fourth-order valence-corrected chi connectivity index (χ4v) is 3.80. The summed E-state index contributed by atoms with van der Waals surface area (Å²) >= 11 is 0. The minimum absolute atomic E-state index is 0. The van der Waals surface area contributed by atoms with Gasteiger partial charge in [0.1, 0.15) is 17.0 Å². The van der Waals surface area contributed by atoms with Crippen molar-refractivity contribution in [2.75, 3.05) is 31.2 Å². The highest BCUT2D eigenvalue weighted by atomic mass is 35.5. The number of hydrogen-bond acceptors (Lipinski definition) is 8. The maximum absolute atomic E-state index is 12.1. The second-order valence-corrected chi connectivity index (χ2v) is 8.22. The van der Waals surface area contributed by atoms with Crippen molar-refractivity contribution in [3.8, 4) is 0 Å². The Balaban J connectivity index is 0.00000243. The summed E-state index contributed by atoms with van der Waals surface area (Å²) < 4.78 is 25.9. The summed E-state index contributed by atoms with van der Waals surface area (Å²) in [5, 5.41) is 10.5. The Hall–Kier alpha value is -1.78. The van der Waals surface area contributed by atoms with E-state index in [0.717, 1.165) is 31.8 Å². The summed E-state index contributed by atoms with van der Waals surface area (Å²) in [6, 6.07) is 0.